The summed E-state index contributed by atoms with van der Waals surface area (Å²) in [7, 11) is 0. The summed E-state index contributed by atoms with van der Waals surface area (Å²) in [5.74, 6) is 0.353. The minimum absolute atomic E-state index is 0.274. The number of hydrogen-bond acceptors (Lipinski definition) is 2. The molecule has 0 spiro atoms. The predicted molar refractivity (Wildman–Crippen MR) is 70.9 cm³/mol. The molecule has 0 N–H and O–H groups in total. The number of aryl methyl sites for hydroxylation is 1. The molecule has 0 unspecified atom stereocenters. The van der Waals surface area contributed by atoms with Crippen LogP contribution in [0.1, 0.15) is 27.0 Å². The van der Waals surface area contributed by atoms with Gasteiger partial charge in [-0.05, 0) is 24.6 Å². The van der Waals surface area contributed by atoms with Crippen molar-refractivity contribution >= 4 is 17.8 Å². The molecule has 2 heteroatoms. The van der Waals surface area contributed by atoms with Gasteiger partial charge >= 0.3 is 5.97 Å². The van der Waals surface area contributed by atoms with Gasteiger partial charge in [-0.3, -0.25) is 0 Å². The molecular formula is C16H12O2. The number of rotatable bonds is 1. The number of hydrogen-bond donors (Lipinski definition) is 0. The van der Waals surface area contributed by atoms with Crippen molar-refractivity contribution in [2.24, 2.45) is 0 Å². The maximum atomic E-state index is 11.7. The van der Waals surface area contributed by atoms with Crippen LogP contribution in [-0.2, 0) is 4.74 Å². The van der Waals surface area contributed by atoms with Crippen LogP contribution in [0.15, 0.2) is 48.5 Å². The number of ether oxygens (including phenoxy) is 1. The molecule has 0 saturated heterocycles. The van der Waals surface area contributed by atoms with Gasteiger partial charge in [0.1, 0.15) is 5.76 Å². The number of carbonyl (C=O) groups excluding carboxylic acids is 1. The highest BCUT2D eigenvalue weighted by molar-refractivity contribution is 6.05. The molecule has 0 radical (unpaired) electrons. The molecular weight excluding hydrogens is 224 g/mol. The molecule has 0 fully saturated rings. The van der Waals surface area contributed by atoms with Crippen LogP contribution in [0.3, 0.4) is 0 Å². The van der Waals surface area contributed by atoms with E-state index in [1.54, 1.807) is 6.07 Å². The van der Waals surface area contributed by atoms with Crippen molar-refractivity contribution < 1.29 is 9.53 Å². The largest absolute Gasteiger partial charge is 0.422 e. The van der Waals surface area contributed by atoms with Crippen LogP contribution in [0.25, 0.3) is 11.8 Å². The van der Waals surface area contributed by atoms with Gasteiger partial charge in [0, 0.05) is 5.56 Å². The molecule has 1 aliphatic rings. The van der Waals surface area contributed by atoms with E-state index in [-0.39, 0.29) is 5.97 Å². The molecule has 3 rings (SSSR count). The number of carbonyl (C=O) groups is 1. The van der Waals surface area contributed by atoms with Crippen LogP contribution in [0.4, 0.5) is 0 Å². The van der Waals surface area contributed by atoms with E-state index in [1.165, 1.54) is 5.56 Å². The van der Waals surface area contributed by atoms with Gasteiger partial charge in [-0.15, -0.1) is 0 Å². The maximum Gasteiger partial charge on any atom is 0.344 e. The monoisotopic (exact) mass is 236 g/mol. The lowest BCUT2D eigenvalue weighted by atomic mass is 10.1. The molecule has 1 heterocycles. The third-order valence-corrected chi connectivity index (χ3v) is 2.95. The van der Waals surface area contributed by atoms with Gasteiger partial charge < -0.3 is 4.74 Å². The molecule has 2 aromatic carbocycles. The van der Waals surface area contributed by atoms with E-state index in [2.05, 4.69) is 6.07 Å². The molecule has 2 nitrogen and oxygen atoms in total. The van der Waals surface area contributed by atoms with E-state index in [9.17, 15) is 4.79 Å². The fraction of sp³-hybridized carbons (Fsp3) is 0.0625. The van der Waals surface area contributed by atoms with Crippen molar-refractivity contribution in [3.05, 3.63) is 70.8 Å². The van der Waals surface area contributed by atoms with E-state index in [0.29, 0.717) is 11.3 Å². The summed E-state index contributed by atoms with van der Waals surface area (Å²) >= 11 is 0. The van der Waals surface area contributed by atoms with Crippen LogP contribution in [-0.4, -0.2) is 5.97 Å². The predicted octanol–water partition coefficient (Wildman–Crippen LogP) is 3.66. The Bertz CT molecular complexity index is 654. The molecule has 0 amide bonds. The fourth-order valence-corrected chi connectivity index (χ4v) is 2.10. The van der Waals surface area contributed by atoms with Crippen molar-refractivity contribution in [2.75, 3.05) is 0 Å². The summed E-state index contributed by atoms with van der Waals surface area (Å²) in [5, 5.41) is 0. The molecule has 88 valence electrons. The van der Waals surface area contributed by atoms with Gasteiger partial charge in [0.25, 0.3) is 0 Å². The summed E-state index contributed by atoms with van der Waals surface area (Å²) < 4.78 is 5.30. The lowest BCUT2D eigenvalue weighted by Gasteiger charge is -2.00. The topological polar surface area (TPSA) is 26.3 Å². The lowest BCUT2D eigenvalue weighted by molar-refractivity contribution is 0.0717. The van der Waals surface area contributed by atoms with Gasteiger partial charge in [-0.25, -0.2) is 4.79 Å². The van der Waals surface area contributed by atoms with Gasteiger partial charge in [-0.2, -0.15) is 0 Å². The lowest BCUT2D eigenvalue weighted by Crippen LogP contribution is -1.92. The first kappa shape index (κ1) is 10.8. The molecule has 0 atom stereocenters. The molecule has 18 heavy (non-hydrogen) atoms. The average Bonchev–Trinajstić information content (AvgIpc) is 2.67. The second-order valence-corrected chi connectivity index (χ2v) is 4.36. The Kier molecular flexibility index (Phi) is 2.49. The Morgan fingerprint density at radius 1 is 1.00 bits per heavy atom. The highest BCUT2D eigenvalue weighted by Crippen LogP contribution is 2.30. The van der Waals surface area contributed by atoms with Crippen molar-refractivity contribution in [3.8, 4) is 0 Å². The zero-order valence-electron chi connectivity index (χ0n) is 10.0. The van der Waals surface area contributed by atoms with Crippen molar-refractivity contribution in [2.45, 2.75) is 6.92 Å². The molecule has 0 aliphatic carbocycles. The molecule has 1 aliphatic heterocycles. The quantitative estimate of drug-likeness (QED) is 0.706. The van der Waals surface area contributed by atoms with Gasteiger partial charge in [0.15, 0.2) is 0 Å². The number of benzene rings is 2. The van der Waals surface area contributed by atoms with Crippen LogP contribution in [0.5, 0.6) is 0 Å². The van der Waals surface area contributed by atoms with E-state index in [0.717, 1.165) is 11.1 Å². The Morgan fingerprint density at radius 3 is 2.56 bits per heavy atom. The molecule has 0 bridgehead atoms. The van der Waals surface area contributed by atoms with Gasteiger partial charge in [0.05, 0.1) is 5.56 Å². The zero-order chi connectivity index (χ0) is 12.5. The third-order valence-electron chi connectivity index (χ3n) is 2.95. The van der Waals surface area contributed by atoms with Crippen LogP contribution in [0.2, 0.25) is 0 Å². The Balaban J connectivity index is 2.07. The normalized spacial score (nSPS) is 15.6. The van der Waals surface area contributed by atoms with E-state index < -0.39 is 0 Å². The molecule has 0 aromatic heterocycles. The second kappa shape index (κ2) is 4.15. The van der Waals surface area contributed by atoms with E-state index >= 15 is 0 Å². The highest BCUT2D eigenvalue weighted by atomic mass is 16.5. The minimum Gasteiger partial charge on any atom is -0.422 e. The second-order valence-electron chi connectivity index (χ2n) is 4.36. The standard InChI is InChI=1S/C16H12O2/c1-11-5-4-6-12(9-11)10-15-13-7-2-3-8-14(13)16(17)18-15/h2-10H,1H3/b15-10+. The van der Waals surface area contributed by atoms with Crippen molar-refractivity contribution in [1.82, 2.24) is 0 Å². The van der Waals surface area contributed by atoms with E-state index in [1.807, 2.05) is 49.4 Å². The summed E-state index contributed by atoms with van der Waals surface area (Å²) in [5.41, 5.74) is 3.72. The maximum absolute atomic E-state index is 11.7. The average molecular weight is 236 g/mol. The van der Waals surface area contributed by atoms with Gasteiger partial charge in [0.2, 0.25) is 0 Å². The Hall–Kier alpha value is -2.35. The van der Waals surface area contributed by atoms with E-state index in [4.69, 9.17) is 4.74 Å². The molecule has 2 aromatic rings. The summed E-state index contributed by atoms with van der Waals surface area (Å²) in [6.45, 7) is 2.04. The number of esters is 1. The van der Waals surface area contributed by atoms with Crippen LogP contribution < -0.4 is 0 Å². The number of fused-ring (bicyclic) bond motifs is 1. The number of cyclic esters (lactones) is 1. The zero-order valence-corrected chi connectivity index (χ0v) is 10.0. The van der Waals surface area contributed by atoms with Gasteiger partial charge in [-0.1, -0.05) is 48.0 Å². The smallest absolute Gasteiger partial charge is 0.344 e. The summed E-state index contributed by atoms with van der Waals surface area (Å²) in [6.07, 6.45) is 1.90. The summed E-state index contributed by atoms with van der Waals surface area (Å²) in [4.78, 5) is 11.7. The highest BCUT2D eigenvalue weighted by Gasteiger charge is 2.25. The van der Waals surface area contributed by atoms with Crippen molar-refractivity contribution in [3.63, 3.8) is 0 Å². The molecule has 0 saturated carbocycles. The first-order valence-electron chi connectivity index (χ1n) is 5.84. The SMILES string of the molecule is Cc1cccc(/C=C2/OC(=O)c3ccccc32)c1. The van der Waals surface area contributed by atoms with Crippen LogP contribution >= 0.6 is 0 Å². The Morgan fingerprint density at radius 2 is 1.78 bits per heavy atom. The minimum atomic E-state index is -0.274. The van der Waals surface area contributed by atoms with Crippen LogP contribution in [0, 0.1) is 6.92 Å². The summed E-state index contributed by atoms with van der Waals surface area (Å²) in [6, 6.07) is 15.5. The third kappa shape index (κ3) is 1.82. The van der Waals surface area contributed by atoms with Crippen molar-refractivity contribution in [1.29, 1.82) is 0 Å². The first-order valence-corrected chi connectivity index (χ1v) is 5.84. The first-order chi connectivity index (χ1) is 8.74. The Labute approximate surface area is 106 Å². The fourth-order valence-electron chi connectivity index (χ4n) is 2.10.